The van der Waals surface area contributed by atoms with E-state index in [0.29, 0.717) is 23.9 Å². The highest BCUT2D eigenvalue weighted by molar-refractivity contribution is 6.04. The number of amides is 2. The quantitative estimate of drug-likeness (QED) is 0.541. The molecule has 8 nitrogen and oxygen atoms in total. The number of hydrogen-bond acceptors (Lipinski definition) is 5. The first kappa shape index (κ1) is 24.3. The lowest BCUT2D eigenvalue weighted by Gasteiger charge is -2.33. The average molecular weight is 484 g/mol. The lowest BCUT2D eigenvalue weighted by atomic mass is 10.0. The second-order valence-corrected chi connectivity index (χ2v) is 9.19. The molecule has 35 heavy (non-hydrogen) atoms. The highest BCUT2D eigenvalue weighted by atomic mass is 19.1. The topological polar surface area (TPSA) is 90.6 Å². The zero-order valence-electron chi connectivity index (χ0n) is 19.9. The fourth-order valence-corrected chi connectivity index (χ4v) is 4.16. The van der Waals surface area contributed by atoms with Crippen LogP contribution in [0.15, 0.2) is 48.5 Å². The lowest BCUT2D eigenvalue weighted by molar-refractivity contribution is 0.0259. The second kappa shape index (κ2) is 9.46. The maximum absolute atomic E-state index is 14.0. The van der Waals surface area contributed by atoms with Crippen LogP contribution in [0.4, 0.5) is 19.4 Å². The number of aromatic amines is 1. The van der Waals surface area contributed by atoms with Gasteiger partial charge < -0.3 is 15.0 Å². The number of likely N-dealkylation sites (N-methyl/N-ethyl adjacent to an activating group) is 1. The number of hydrogen-bond donors (Lipinski definition) is 2. The maximum atomic E-state index is 14.0. The number of ether oxygens (including phenoxy) is 1. The Labute approximate surface area is 201 Å². The number of benzene rings is 2. The number of aromatic nitrogens is 2. The highest BCUT2D eigenvalue weighted by Crippen LogP contribution is 2.41. The largest absolute Gasteiger partial charge is 0.440 e. The van der Waals surface area contributed by atoms with Crippen LogP contribution in [-0.2, 0) is 16.8 Å². The first-order valence-electron chi connectivity index (χ1n) is 11.1. The first-order valence-corrected chi connectivity index (χ1v) is 11.1. The monoisotopic (exact) mass is 483 g/mol. The molecule has 2 aromatic carbocycles. The molecule has 1 aliphatic rings. The fraction of sp³-hybridized carbons (Fsp3) is 0.320. The molecule has 0 fully saturated rings. The molecule has 0 spiro atoms. The van der Waals surface area contributed by atoms with E-state index in [1.54, 1.807) is 4.90 Å². The van der Waals surface area contributed by atoms with Gasteiger partial charge in [-0.1, -0.05) is 30.3 Å². The Morgan fingerprint density at radius 2 is 1.91 bits per heavy atom. The number of rotatable bonds is 6. The number of fused-ring (bicyclic) bond motifs is 1. The highest BCUT2D eigenvalue weighted by Gasteiger charge is 2.45. The maximum Gasteiger partial charge on any atom is 0.411 e. The molecular formula is C25H27F2N5O3. The molecule has 1 aromatic heterocycles. The normalized spacial score (nSPS) is 15.1. The minimum Gasteiger partial charge on any atom is -0.440 e. The molecule has 2 N–H and O–H groups in total. The van der Waals surface area contributed by atoms with Gasteiger partial charge in [-0.3, -0.25) is 14.8 Å². The minimum atomic E-state index is -0.979. The summed E-state index contributed by atoms with van der Waals surface area (Å²) in [6.45, 7) is 4.31. The molecule has 2 heterocycles. The van der Waals surface area contributed by atoms with E-state index >= 15 is 0 Å². The van der Waals surface area contributed by atoms with E-state index in [-0.39, 0.29) is 17.9 Å². The molecule has 0 aliphatic carbocycles. The van der Waals surface area contributed by atoms with E-state index < -0.39 is 35.3 Å². The molecule has 0 unspecified atom stereocenters. The molecule has 2 amide bonds. The van der Waals surface area contributed by atoms with Crippen molar-refractivity contribution in [2.24, 2.45) is 0 Å². The Morgan fingerprint density at radius 1 is 1.20 bits per heavy atom. The minimum absolute atomic E-state index is 0.128. The van der Waals surface area contributed by atoms with Crippen LogP contribution in [0.25, 0.3) is 0 Å². The van der Waals surface area contributed by atoms with Gasteiger partial charge in [0.2, 0.25) is 0 Å². The van der Waals surface area contributed by atoms with Crippen LogP contribution in [0.3, 0.4) is 0 Å². The zero-order chi connectivity index (χ0) is 25.3. The summed E-state index contributed by atoms with van der Waals surface area (Å²) in [6, 6.07) is 12.2. The van der Waals surface area contributed by atoms with E-state index in [4.69, 9.17) is 4.74 Å². The van der Waals surface area contributed by atoms with Gasteiger partial charge in [0.05, 0.1) is 23.3 Å². The first-order chi connectivity index (χ1) is 16.6. The summed E-state index contributed by atoms with van der Waals surface area (Å²) in [5.74, 6) is -2.36. The number of halogens is 2. The van der Waals surface area contributed by atoms with E-state index in [0.717, 1.165) is 17.7 Å². The van der Waals surface area contributed by atoms with Crippen molar-refractivity contribution in [3.8, 4) is 0 Å². The standard InChI is InChI=1S/C25H27F2N5O3/c1-25(2)21-18(22(30-29-21)28-23(33)17-11-10-16(26)12-19(17)27)13-32(25)24(34)35-20(14-31(3)4)15-8-6-5-7-9-15/h5-12,20H,13-14H2,1-4H3,(H2,28,29,30,33)/t20-/m1/s1. The van der Waals surface area contributed by atoms with Crippen molar-refractivity contribution < 1.29 is 23.1 Å². The summed E-state index contributed by atoms with van der Waals surface area (Å²) < 4.78 is 33.2. The van der Waals surface area contributed by atoms with E-state index in [1.807, 2.05) is 63.2 Å². The molecule has 0 saturated carbocycles. The third-order valence-corrected chi connectivity index (χ3v) is 6.04. The third-order valence-electron chi connectivity index (χ3n) is 6.04. The smallest absolute Gasteiger partial charge is 0.411 e. The Balaban J connectivity index is 1.53. The number of anilines is 1. The molecule has 1 atom stereocenters. The fourth-order valence-electron chi connectivity index (χ4n) is 4.16. The predicted molar refractivity (Wildman–Crippen MR) is 126 cm³/mol. The van der Waals surface area contributed by atoms with Gasteiger partial charge in [0, 0.05) is 18.2 Å². The number of carbonyl (C=O) groups excluding carboxylic acids is 2. The van der Waals surface area contributed by atoms with Crippen LogP contribution in [0.5, 0.6) is 0 Å². The van der Waals surface area contributed by atoms with E-state index in [9.17, 15) is 18.4 Å². The third kappa shape index (κ3) is 4.88. The van der Waals surface area contributed by atoms with Crippen molar-refractivity contribution in [1.82, 2.24) is 20.0 Å². The molecule has 0 radical (unpaired) electrons. The van der Waals surface area contributed by atoms with Crippen molar-refractivity contribution in [2.45, 2.75) is 32.0 Å². The van der Waals surface area contributed by atoms with Gasteiger partial charge in [-0.05, 0) is 45.6 Å². The molecule has 4 rings (SSSR count). The zero-order valence-corrected chi connectivity index (χ0v) is 19.9. The van der Waals surface area contributed by atoms with Crippen LogP contribution in [-0.4, -0.2) is 52.6 Å². The molecular weight excluding hydrogens is 456 g/mol. The van der Waals surface area contributed by atoms with Gasteiger partial charge in [0.25, 0.3) is 5.91 Å². The summed E-state index contributed by atoms with van der Waals surface area (Å²) >= 11 is 0. The Morgan fingerprint density at radius 3 is 2.57 bits per heavy atom. The second-order valence-electron chi connectivity index (χ2n) is 9.19. The summed E-state index contributed by atoms with van der Waals surface area (Å²) in [7, 11) is 3.80. The SMILES string of the molecule is CN(C)C[C@@H](OC(=O)N1Cc2c(NC(=O)c3ccc(F)cc3F)n[nH]c2C1(C)C)c1ccccc1. The Hall–Kier alpha value is -3.79. The van der Waals surface area contributed by atoms with Crippen LogP contribution in [0, 0.1) is 11.6 Å². The number of carbonyl (C=O) groups is 2. The summed E-state index contributed by atoms with van der Waals surface area (Å²) in [4.78, 5) is 29.4. The van der Waals surface area contributed by atoms with Gasteiger partial charge in [-0.2, -0.15) is 5.10 Å². The number of H-pyrrole nitrogens is 1. The summed E-state index contributed by atoms with van der Waals surface area (Å²) in [6.07, 6.45) is -0.996. The predicted octanol–water partition coefficient (Wildman–Crippen LogP) is 4.43. The van der Waals surface area contributed by atoms with Crippen molar-refractivity contribution in [3.63, 3.8) is 0 Å². The van der Waals surface area contributed by atoms with Crippen LogP contribution >= 0.6 is 0 Å². The van der Waals surface area contributed by atoms with Gasteiger partial charge >= 0.3 is 6.09 Å². The lowest BCUT2D eigenvalue weighted by Crippen LogP contribution is -2.42. The van der Waals surface area contributed by atoms with Crippen molar-refractivity contribution in [1.29, 1.82) is 0 Å². The Bertz CT molecular complexity index is 1240. The number of nitrogens with one attached hydrogen (secondary N) is 2. The molecule has 184 valence electrons. The van der Waals surface area contributed by atoms with Gasteiger partial charge in [-0.25, -0.2) is 13.6 Å². The molecule has 10 heteroatoms. The summed E-state index contributed by atoms with van der Waals surface area (Å²) in [5.41, 5.74) is 0.982. The van der Waals surface area contributed by atoms with Gasteiger partial charge in [0.1, 0.15) is 17.7 Å². The molecule has 0 bridgehead atoms. The van der Waals surface area contributed by atoms with Crippen LogP contribution < -0.4 is 5.32 Å². The molecule has 3 aromatic rings. The van der Waals surface area contributed by atoms with Crippen LogP contribution in [0.2, 0.25) is 0 Å². The average Bonchev–Trinajstić information content (AvgIpc) is 3.31. The van der Waals surface area contributed by atoms with E-state index in [1.165, 1.54) is 0 Å². The van der Waals surface area contributed by atoms with Crippen molar-refractivity contribution in [3.05, 3.63) is 82.5 Å². The molecule has 1 aliphatic heterocycles. The van der Waals surface area contributed by atoms with Crippen LogP contribution in [0.1, 0.15) is 47.1 Å². The Kier molecular flexibility index (Phi) is 6.58. The van der Waals surface area contributed by atoms with Gasteiger partial charge in [-0.15, -0.1) is 0 Å². The van der Waals surface area contributed by atoms with Crippen molar-refractivity contribution >= 4 is 17.8 Å². The van der Waals surface area contributed by atoms with Crippen molar-refractivity contribution in [2.75, 3.05) is 26.0 Å². The van der Waals surface area contributed by atoms with E-state index in [2.05, 4.69) is 15.5 Å². The summed E-state index contributed by atoms with van der Waals surface area (Å²) in [5, 5.41) is 9.59. The molecule has 0 saturated heterocycles. The number of nitrogens with zero attached hydrogens (tertiary/aromatic N) is 3. The van der Waals surface area contributed by atoms with Gasteiger partial charge in [0.15, 0.2) is 5.82 Å².